The highest BCUT2D eigenvalue weighted by atomic mass is 16.2. The number of imide groups is 1. The van der Waals surface area contributed by atoms with E-state index in [1.54, 1.807) is 13.2 Å². The molecule has 3 aromatic rings. The van der Waals surface area contributed by atoms with Crippen LogP contribution in [0.4, 0.5) is 4.79 Å². The molecule has 8 heteroatoms. The minimum atomic E-state index is -0.479. The van der Waals surface area contributed by atoms with Gasteiger partial charge in [0.05, 0.1) is 5.52 Å². The molecule has 0 aliphatic carbocycles. The number of carbonyl (C=O) groups is 3. The second kappa shape index (κ2) is 6.71. The Hall–Kier alpha value is -3.42. The van der Waals surface area contributed by atoms with E-state index in [0.717, 1.165) is 21.9 Å². The summed E-state index contributed by atoms with van der Waals surface area (Å²) in [5.74, 6) is -0.548. The number of fused-ring (bicyclic) bond motifs is 3. The molecule has 1 aromatic carbocycles. The van der Waals surface area contributed by atoms with Gasteiger partial charge < -0.3 is 15.2 Å². The Morgan fingerprint density at radius 1 is 1.30 bits per heavy atom. The molecule has 1 fully saturated rings. The molecular formula is C19H19N5O3. The average molecular weight is 365 g/mol. The van der Waals surface area contributed by atoms with E-state index in [1.807, 2.05) is 34.9 Å². The Labute approximate surface area is 154 Å². The van der Waals surface area contributed by atoms with E-state index in [1.165, 1.54) is 0 Å². The van der Waals surface area contributed by atoms with Gasteiger partial charge in [-0.05, 0) is 36.2 Å². The lowest BCUT2D eigenvalue weighted by Gasteiger charge is -2.23. The van der Waals surface area contributed by atoms with Crippen LogP contribution in [0.1, 0.15) is 24.4 Å². The third-order valence-electron chi connectivity index (χ3n) is 4.83. The Balaban J connectivity index is 1.82. The monoisotopic (exact) mass is 365 g/mol. The van der Waals surface area contributed by atoms with E-state index >= 15 is 0 Å². The van der Waals surface area contributed by atoms with Gasteiger partial charge in [-0.3, -0.25) is 14.9 Å². The maximum atomic E-state index is 12.4. The molecule has 1 saturated heterocycles. The standard InChI is InChI=1S/C19H19N5O3/c1-20-19(27)22-10-11-4-5-14-13(9-11)12-3-2-8-21-17(12)24(14)15-6-7-16(25)23-18(15)26/h2-5,8-9,15H,6-7,10H2,1H3,(H2,20,22,27)(H,23,25,26). The van der Waals surface area contributed by atoms with Crippen LogP contribution in [0.3, 0.4) is 0 Å². The maximum Gasteiger partial charge on any atom is 0.314 e. The molecular weight excluding hydrogens is 346 g/mol. The van der Waals surface area contributed by atoms with Crippen LogP contribution in [0, 0.1) is 0 Å². The lowest BCUT2D eigenvalue weighted by atomic mass is 10.1. The van der Waals surface area contributed by atoms with Crippen LogP contribution in [0.5, 0.6) is 0 Å². The summed E-state index contributed by atoms with van der Waals surface area (Å²) in [4.78, 5) is 39.9. The number of urea groups is 1. The molecule has 8 nitrogen and oxygen atoms in total. The van der Waals surface area contributed by atoms with Crippen molar-refractivity contribution in [2.45, 2.75) is 25.4 Å². The third kappa shape index (κ3) is 2.99. The van der Waals surface area contributed by atoms with Crippen LogP contribution in [0.15, 0.2) is 36.5 Å². The van der Waals surface area contributed by atoms with E-state index in [0.29, 0.717) is 25.0 Å². The molecule has 0 spiro atoms. The van der Waals surface area contributed by atoms with Gasteiger partial charge in [0, 0.05) is 37.0 Å². The van der Waals surface area contributed by atoms with E-state index in [9.17, 15) is 14.4 Å². The molecule has 0 bridgehead atoms. The highest BCUT2D eigenvalue weighted by Gasteiger charge is 2.30. The normalized spacial score (nSPS) is 17.1. The molecule has 3 heterocycles. The number of hydrogen-bond acceptors (Lipinski definition) is 4. The van der Waals surface area contributed by atoms with E-state index < -0.39 is 6.04 Å². The second-order valence-electron chi connectivity index (χ2n) is 6.50. The Bertz CT molecular complexity index is 1070. The number of pyridine rings is 1. The lowest BCUT2D eigenvalue weighted by Crippen LogP contribution is -2.41. The van der Waals surface area contributed by atoms with E-state index in [4.69, 9.17) is 0 Å². The van der Waals surface area contributed by atoms with Crippen LogP contribution < -0.4 is 16.0 Å². The summed E-state index contributed by atoms with van der Waals surface area (Å²) in [6, 6.07) is 8.93. The Kier molecular flexibility index (Phi) is 4.23. The van der Waals surface area contributed by atoms with Crippen LogP contribution in [0.25, 0.3) is 21.9 Å². The van der Waals surface area contributed by atoms with Crippen LogP contribution >= 0.6 is 0 Å². The van der Waals surface area contributed by atoms with Crippen LogP contribution in [-0.2, 0) is 16.1 Å². The topological polar surface area (TPSA) is 105 Å². The first-order valence-electron chi connectivity index (χ1n) is 8.75. The minimum Gasteiger partial charge on any atom is -0.341 e. The fraction of sp³-hybridized carbons (Fsp3) is 0.263. The molecule has 0 saturated carbocycles. The van der Waals surface area contributed by atoms with Crippen molar-refractivity contribution in [2.75, 3.05) is 7.05 Å². The SMILES string of the molecule is CNC(=O)NCc1ccc2c(c1)c1cccnc1n2C1CCC(=O)NC1=O. The lowest BCUT2D eigenvalue weighted by molar-refractivity contribution is -0.135. The molecule has 138 valence electrons. The fourth-order valence-electron chi connectivity index (χ4n) is 3.55. The number of nitrogens with zero attached hydrogens (tertiary/aromatic N) is 2. The van der Waals surface area contributed by atoms with Crippen LogP contribution in [0.2, 0.25) is 0 Å². The maximum absolute atomic E-state index is 12.4. The number of aromatic nitrogens is 2. The zero-order valence-electron chi connectivity index (χ0n) is 14.8. The van der Waals surface area contributed by atoms with Gasteiger partial charge in [-0.25, -0.2) is 9.78 Å². The summed E-state index contributed by atoms with van der Waals surface area (Å²) in [5.41, 5.74) is 2.53. The number of benzene rings is 1. The van der Waals surface area contributed by atoms with Crippen molar-refractivity contribution in [1.82, 2.24) is 25.5 Å². The third-order valence-corrected chi connectivity index (χ3v) is 4.83. The quantitative estimate of drug-likeness (QED) is 0.613. The van der Waals surface area contributed by atoms with Gasteiger partial charge in [0.2, 0.25) is 11.8 Å². The molecule has 4 amide bonds. The smallest absolute Gasteiger partial charge is 0.314 e. The first kappa shape index (κ1) is 17.0. The predicted octanol–water partition coefficient (Wildman–Crippen LogP) is 1.60. The number of hydrogen-bond donors (Lipinski definition) is 3. The molecule has 0 radical (unpaired) electrons. The largest absolute Gasteiger partial charge is 0.341 e. The summed E-state index contributed by atoms with van der Waals surface area (Å²) in [7, 11) is 1.57. The minimum absolute atomic E-state index is 0.243. The molecule has 27 heavy (non-hydrogen) atoms. The van der Waals surface area contributed by atoms with Crippen LogP contribution in [-0.4, -0.2) is 34.4 Å². The van der Waals surface area contributed by atoms with Gasteiger partial charge in [0.15, 0.2) is 0 Å². The van der Waals surface area contributed by atoms with Crippen molar-refractivity contribution in [3.63, 3.8) is 0 Å². The van der Waals surface area contributed by atoms with Gasteiger partial charge in [-0.1, -0.05) is 6.07 Å². The zero-order chi connectivity index (χ0) is 19.0. The van der Waals surface area contributed by atoms with Crippen molar-refractivity contribution in [1.29, 1.82) is 0 Å². The molecule has 4 rings (SSSR count). The van der Waals surface area contributed by atoms with Crippen molar-refractivity contribution in [3.8, 4) is 0 Å². The van der Waals surface area contributed by atoms with Gasteiger partial charge >= 0.3 is 6.03 Å². The van der Waals surface area contributed by atoms with Gasteiger partial charge in [0.25, 0.3) is 0 Å². The molecule has 3 N–H and O–H groups in total. The zero-order valence-corrected chi connectivity index (χ0v) is 14.8. The van der Waals surface area contributed by atoms with Gasteiger partial charge in [0.1, 0.15) is 11.7 Å². The summed E-state index contributed by atoms with van der Waals surface area (Å²) < 4.78 is 1.91. The number of amides is 4. The van der Waals surface area contributed by atoms with Crippen molar-refractivity contribution in [3.05, 3.63) is 42.1 Å². The first-order chi connectivity index (χ1) is 13.1. The number of carbonyl (C=O) groups excluding carboxylic acids is 3. The average Bonchev–Trinajstić information content (AvgIpc) is 3.00. The summed E-state index contributed by atoms with van der Waals surface area (Å²) in [6.07, 6.45) is 2.44. The summed E-state index contributed by atoms with van der Waals surface area (Å²) in [5, 5.41) is 9.59. The fourth-order valence-corrected chi connectivity index (χ4v) is 3.55. The van der Waals surface area contributed by atoms with Crippen molar-refractivity contribution >= 4 is 39.8 Å². The van der Waals surface area contributed by atoms with Crippen molar-refractivity contribution in [2.24, 2.45) is 0 Å². The Morgan fingerprint density at radius 3 is 2.93 bits per heavy atom. The number of piperidine rings is 1. The molecule has 1 aliphatic rings. The number of rotatable bonds is 3. The van der Waals surface area contributed by atoms with Gasteiger partial charge in [-0.15, -0.1) is 0 Å². The molecule has 2 aromatic heterocycles. The highest BCUT2D eigenvalue weighted by molar-refractivity contribution is 6.09. The number of nitrogens with one attached hydrogen (secondary N) is 3. The molecule has 1 aliphatic heterocycles. The van der Waals surface area contributed by atoms with E-state index in [-0.39, 0.29) is 17.8 Å². The summed E-state index contributed by atoms with van der Waals surface area (Å²) >= 11 is 0. The first-order valence-corrected chi connectivity index (χ1v) is 8.75. The van der Waals surface area contributed by atoms with Gasteiger partial charge in [-0.2, -0.15) is 0 Å². The second-order valence-corrected chi connectivity index (χ2v) is 6.50. The van der Waals surface area contributed by atoms with E-state index in [2.05, 4.69) is 20.9 Å². The van der Waals surface area contributed by atoms with Crippen molar-refractivity contribution < 1.29 is 14.4 Å². The summed E-state index contributed by atoms with van der Waals surface area (Å²) in [6.45, 7) is 0.390. The molecule has 1 unspecified atom stereocenters. The Morgan fingerprint density at radius 2 is 2.15 bits per heavy atom. The molecule has 1 atom stereocenters. The highest BCUT2D eigenvalue weighted by Crippen LogP contribution is 2.33. The predicted molar refractivity (Wildman–Crippen MR) is 100.0 cm³/mol.